The maximum atomic E-state index is 13.9. The highest BCUT2D eigenvalue weighted by Crippen LogP contribution is 2.27. The molecule has 108 heavy (non-hydrogen) atoms. The monoisotopic (exact) mass is 1660 g/mol. The van der Waals surface area contributed by atoms with Crippen LogP contribution in [0.15, 0.2) is 30.5 Å². The summed E-state index contributed by atoms with van der Waals surface area (Å²) in [7, 11) is 0. The molecular formula is C68H111IN10O29. The van der Waals surface area contributed by atoms with Crippen molar-refractivity contribution in [2.24, 2.45) is 0 Å². The van der Waals surface area contributed by atoms with E-state index in [1.807, 2.05) is 35.0 Å². The zero-order valence-corrected chi connectivity index (χ0v) is 63.2. The van der Waals surface area contributed by atoms with Crippen molar-refractivity contribution in [1.29, 1.82) is 0 Å². The summed E-state index contributed by atoms with van der Waals surface area (Å²) in [4.78, 5) is 117. The Morgan fingerprint density at radius 3 is 1.30 bits per heavy atom. The fourth-order valence-corrected chi connectivity index (χ4v) is 12.5. The van der Waals surface area contributed by atoms with E-state index in [1.165, 1.54) is 20.8 Å². The Morgan fingerprint density at radius 1 is 0.481 bits per heavy atom. The van der Waals surface area contributed by atoms with Crippen LogP contribution in [0, 0.1) is 0 Å². The summed E-state index contributed by atoms with van der Waals surface area (Å²) in [5.74, 6) is -5.04. The van der Waals surface area contributed by atoms with Gasteiger partial charge in [-0.05, 0) is 50.2 Å². The van der Waals surface area contributed by atoms with E-state index in [4.69, 9.17) is 45.7 Å². The Balaban J connectivity index is 1.15. The number of nitrogens with zero attached hydrogens (tertiary/aromatic N) is 1. The molecule has 1 aromatic heterocycles. The van der Waals surface area contributed by atoms with Crippen LogP contribution in [0.25, 0.3) is 10.9 Å². The van der Waals surface area contributed by atoms with Crippen molar-refractivity contribution in [2.45, 2.75) is 214 Å². The molecule has 0 radical (unpaired) electrons. The smallest absolute Gasteiger partial charge is 0.242 e. The normalized spacial score (nSPS) is 25.0. The molecule has 5 rings (SSSR count). The Hall–Kier alpha value is -6.08. The lowest BCUT2D eigenvalue weighted by molar-refractivity contribution is -0.272. The average molecular weight is 1660 g/mol. The maximum absolute atomic E-state index is 13.9. The number of benzene rings is 1. The Bertz CT molecular complexity index is 3060. The van der Waals surface area contributed by atoms with Gasteiger partial charge in [-0.3, -0.25) is 43.2 Å². The number of carbonyl (C=O) groups excluding carboxylic acids is 9. The van der Waals surface area contributed by atoms with Gasteiger partial charge >= 0.3 is 0 Å². The minimum atomic E-state index is -1.55. The zero-order valence-electron chi connectivity index (χ0n) is 61.0. The third-order valence-electron chi connectivity index (χ3n) is 17.6. The molecule has 0 saturated carbocycles. The number of carbonyl (C=O) groups is 9. The number of aromatic nitrogens is 1. The van der Waals surface area contributed by atoms with E-state index in [0.29, 0.717) is 51.6 Å². The topological polar surface area (TPSA) is 561 Å². The number of hydrogen-bond acceptors (Lipinski definition) is 29. The third kappa shape index (κ3) is 32.3. The molecule has 3 fully saturated rings. The van der Waals surface area contributed by atoms with Crippen LogP contribution in [-0.2, 0) is 102 Å². The minimum Gasteiger partial charge on any atom is -0.394 e. The minimum absolute atomic E-state index is 0.0208. The lowest BCUT2D eigenvalue weighted by Gasteiger charge is -2.42. The van der Waals surface area contributed by atoms with Crippen LogP contribution in [-0.4, -0.2) is 331 Å². The quantitative estimate of drug-likeness (QED) is 0.0216. The second kappa shape index (κ2) is 50.7. The van der Waals surface area contributed by atoms with Crippen LogP contribution in [0.3, 0.4) is 0 Å². The van der Waals surface area contributed by atoms with Gasteiger partial charge in [0.2, 0.25) is 53.2 Å². The molecule has 2 aromatic rings. The van der Waals surface area contributed by atoms with Gasteiger partial charge in [0.05, 0.1) is 98.5 Å². The summed E-state index contributed by atoms with van der Waals surface area (Å²) in [6.07, 6.45) is -12.9. The molecule has 39 nitrogen and oxygen atoms in total. The van der Waals surface area contributed by atoms with Crippen molar-refractivity contribution in [3.05, 3.63) is 36.0 Å². The number of fused-ring (bicyclic) bond motifs is 1. The first-order chi connectivity index (χ1) is 51.8. The van der Waals surface area contributed by atoms with Gasteiger partial charge in [0, 0.05) is 89.7 Å². The lowest BCUT2D eigenvalue weighted by atomic mass is 9.97. The molecule has 19 N–H and O–H groups in total. The number of hydrogen-bond donors (Lipinski definition) is 19. The van der Waals surface area contributed by atoms with Gasteiger partial charge in [-0.25, -0.2) is 0 Å². The molecule has 18 atom stereocenters. The van der Waals surface area contributed by atoms with Crippen LogP contribution in [0.5, 0.6) is 0 Å². The van der Waals surface area contributed by atoms with E-state index < -0.39 is 184 Å². The van der Waals surface area contributed by atoms with Gasteiger partial charge in [0.15, 0.2) is 18.9 Å². The Labute approximate surface area is 639 Å². The molecule has 17 unspecified atom stereocenters. The molecular weight excluding hydrogens is 1550 g/mol. The summed E-state index contributed by atoms with van der Waals surface area (Å²) < 4.78 is 57.5. The van der Waals surface area contributed by atoms with E-state index in [-0.39, 0.29) is 124 Å². The van der Waals surface area contributed by atoms with E-state index in [2.05, 4.69) is 47.9 Å². The number of aliphatic hydroxyl groups is 10. The highest BCUT2D eigenvalue weighted by Gasteiger charge is 2.48. The van der Waals surface area contributed by atoms with Crippen LogP contribution in [0.4, 0.5) is 0 Å². The van der Waals surface area contributed by atoms with Crippen molar-refractivity contribution in [1.82, 2.24) is 52.4 Å². The second-order valence-electron chi connectivity index (χ2n) is 26.1. The first kappa shape index (κ1) is 92.5. The van der Waals surface area contributed by atoms with E-state index in [9.17, 15) is 94.2 Å². The predicted octanol–water partition coefficient (Wildman–Crippen LogP) is -6.43. The number of para-hydroxylation sites is 1. The van der Waals surface area contributed by atoms with Crippen molar-refractivity contribution in [3.8, 4) is 0 Å². The van der Waals surface area contributed by atoms with Gasteiger partial charge in [-0.2, -0.15) is 0 Å². The fourth-order valence-electron chi connectivity index (χ4n) is 12.1. The molecule has 1 aromatic carbocycles. The molecule has 0 bridgehead atoms. The zero-order chi connectivity index (χ0) is 79.1. The van der Waals surface area contributed by atoms with Crippen molar-refractivity contribution < 1.29 is 140 Å². The summed E-state index contributed by atoms with van der Waals surface area (Å²) in [5.41, 5.74) is 2.09. The van der Waals surface area contributed by atoms with Gasteiger partial charge in [-0.15, -0.1) is 0 Å². The van der Waals surface area contributed by atoms with Crippen molar-refractivity contribution in [2.75, 3.05) is 112 Å². The number of aryl methyl sites for hydroxylation is 1. The molecule has 0 aliphatic carbocycles. The van der Waals surface area contributed by atoms with Crippen LogP contribution < -0.4 is 47.9 Å². The molecule has 3 aliphatic heterocycles. The number of ether oxygens (including phenoxy) is 9. The Kier molecular flexibility index (Phi) is 43.5. The summed E-state index contributed by atoms with van der Waals surface area (Å²) in [5, 5.41) is 127. The van der Waals surface area contributed by atoms with Crippen LogP contribution in [0.2, 0.25) is 0 Å². The first-order valence-corrected chi connectivity index (χ1v) is 37.1. The molecule has 40 heteroatoms. The highest BCUT2D eigenvalue weighted by molar-refractivity contribution is 14.1. The fraction of sp³-hybridized carbons (Fsp3) is 0.750. The van der Waals surface area contributed by atoms with Gasteiger partial charge in [-0.1, -0.05) is 31.0 Å². The number of nitrogens with one attached hydrogen (secondary N) is 9. The molecule has 614 valence electrons. The second-order valence-corrected chi connectivity index (χ2v) is 26.7. The predicted molar refractivity (Wildman–Crippen MR) is 385 cm³/mol. The van der Waals surface area contributed by atoms with Crippen molar-refractivity contribution >= 4 is 87.1 Å². The summed E-state index contributed by atoms with van der Waals surface area (Å²) in [6.45, 7) is 1.31. The number of aliphatic hydroxyl groups excluding tert-OH is 10. The van der Waals surface area contributed by atoms with E-state index in [0.717, 1.165) is 16.5 Å². The first-order valence-electron chi connectivity index (χ1n) is 36.2. The van der Waals surface area contributed by atoms with Gasteiger partial charge < -0.3 is 149 Å². The SMILES string of the molecule is CC(=O)NC1C(OCCOCCNC(=O)CCC(NC(=O)CCC(NC(=O)CCCCCCC(=O)NCCCc2cn(C[C@@H](O)COI)c3ccccc23)C(=O)NCCOCCOC2OC(CO)C(O)C(O)C2NC(C)=O)C(=O)NCCOCCOC2OC(CO)C(O)C(O)C2NC(C)=O)OC(CO)C(O)C1O. The highest BCUT2D eigenvalue weighted by atomic mass is 127. The molecule has 0 spiro atoms. The lowest BCUT2D eigenvalue weighted by Crippen LogP contribution is -2.64. The van der Waals surface area contributed by atoms with E-state index >= 15 is 0 Å². The molecule has 9 amide bonds. The summed E-state index contributed by atoms with van der Waals surface area (Å²) >= 11 is 1.75. The number of unbranched alkanes of at least 4 members (excludes halogenated alkanes) is 3. The Morgan fingerprint density at radius 2 is 0.870 bits per heavy atom. The van der Waals surface area contributed by atoms with E-state index in [1.54, 1.807) is 23.0 Å². The number of halogens is 1. The summed E-state index contributed by atoms with van der Waals surface area (Å²) in [6, 6.07) is 1.68. The maximum Gasteiger partial charge on any atom is 0.242 e. The number of amides is 9. The molecule has 4 heterocycles. The van der Waals surface area contributed by atoms with Gasteiger partial charge in [0.1, 0.15) is 108 Å². The van der Waals surface area contributed by atoms with Gasteiger partial charge in [0.25, 0.3) is 0 Å². The van der Waals surface area contributed by atoms with Crippen LogP contribution in [0.1, 0.15) is 97.0 Å². The van der Waals surface area contributed by atoms with Crippen molar-refractivity contribution in [3.63, 3.8) is 0 Å². The largest absolute Gasteiger partial charge is 0.394 e. The average Bonchev–Trinajstić information content (AvgIpc) is 1.43. The molecule has 3 saturated heterocycles. The van der Waals surface area contributed by atoms with Crippen LogP contribution >= 0.6 is 23.0 Å². The molecule has 3 aliphatic rings. The standard InChI is InChI=1S/C68H111IN10O29/c1-39(83)74-55-61(94)58(91)48(35-80)106-66(55)102-30-27-99-24-21-71-52(88)18-16-45(64(97)72-22-25-100-28-31-103-67-56(75-40(2)84)62(95)59(92)49(36-81)107-67)78-54(90)19-17-46(65(98)73-23-26-101-29-32-104-68-57(76-41(3)85)63(96)60(93)50(37-82)108-68)77-53(89)15-7-5-4-6-14-51(87)70-20-10-11-42-33-79(34-43(86)38-105-69)47-13-9-8-12-44(42)47/h8-9,12-13,33,43,45-46,48-50,55-63,66-68,80-82,86,91-96H,4-7,10-11,14-32,34-38H2,1-3H3,(H,70,87)(H,71,88)(H,72,97)(H,73,98)(H,74,83)(H,75,84)(H,76,85)(H,77,89)(H,78,90)/t43-,45?,46?,48?,49?,50?,55?,56?,57?,58?,59?,60?,61?,62?,63?,66?,67?,68?/m1/s1. The third-order valence-corrected chi connectivity index (χ3v) is 18.0. The number of rotatable bonds is 52.